The number of benzene rings is 1. The minimum Gasteiger partial charge on any atom is -0.362 e. The highest BCUT2D eigenvalue weighted by molar-refractivity contribution is 6.06. The molecule has 0 radical (unpaired) electrons. The van der Waals surface area contributed by atoms with Gasteiger partial charge in [-0.05, 0) is 50.4 Å². The third-order valence-corrected chi connectivity index (χ3v) is 5.94. The molecule has 2 N–H and O–H groups in total. The summed E-state index contributed by atoms with van der Waals surface area (Å²) in [6.45, 7) is 7.60. The van der Waals surface area contributed by atoms with Gasteiger partial charge in [-0.2, -0.15) is 26.3 Å². The number of nitrogens with zero attached hydrogens (tertiary/aromatic N) is 4. The van der Waals surface area contributed by atoms with Crippen LogP contribution in [-0.4, -0.2) is 59.8 Å². The molecule has 206 valence electrons. The minimum absolute atomic E-state index is 0.119. The normalized spacial score (nSPS) is 16.3. The van der Waals surface area contributed by atoms with Crippen LogP contribution in [0.3, 0.4) is 0 Å². The van der Waals surface area contributed by atoms with Crippen molar-refractivity contribution >= 4 is 11.5 Å². The van der Waals surface area contributed by atoms with Crippen LogP contribution < -0.4 is 10.6 Å². The molecule has 1 unspecified atom stereocenters. The molecular weight excluding hydrogens is 510 g/mol. The summed E-state index contributed by atoms with van der Waals surface area (Å²) in [7, 11) is 0.893. The topological polar surface area (TPSA) is 55.8 Å². The summed E-state index contributed by atoms with van der Waals surface area (Å²) in [4.78, 5) is 10.9. The fourth-order valence-corrected chi connectivity index (χ4v) is 3.95. The third-order valence-electron chi connectivity index (χ3n) is 5.94. The fourth-order valence-electron chi connectivity index (χ4n) is 3.95. The number of nitrogens with one attached hydrogen (secondary N) is 2. The van der Waals surface area contributed by atoms with Gasteiger partial charge in [0.25, 0.3) is 0 Å². The summed E-state index contributed by atoms with van der Waals surface area (Å²) in [5.41, 5.74) is 0.278. The number of fused-ring (bicyclic) bond motifs is 1. The van der Waals surface area contributed by atoms with E-state index in [9.17, 15) is 26.3 Å². The highest BCUT2D eigenvalue weighted by atomic mass is 19.4. The lowest BCUT2D eigenvalue weighted by molar-refractivity contribution is -0.219. The first-order valence-electron chi connectivity index (χ1n) is 12.0. The minimum atomic E-state index is -4.59. The Balaban J connectivity index is 2.08. The molecular formula is C26H30F6N6. The van der Waals surface area contributed by atoms with E-state index in [1.54, 1.807) is 25.1 Å². The molecule has 1 aliphatic rings. The molecule has 0 bridgehead atoms. The Morgan fingerprint density at radius 1 is 1.11 bits per heavy atom. The Labute approximate surface area is 217 Å². The van der Waals surface area contributed by atoms with E-state index in [-0.39, 0.29) is 21.9 Å². The maximum absolute atomic E-state index is 13.6. The highest BCUT2D eigenvalue weighted by Gasteiger charge is 2.35. The molecule has 1 aromatic carbocycles. The molecule has 0 saturated carbocycles. The lowest BCUT2D eigenvalue weighted by Gasteiger charge is -2.30. The predicted molar refractivity (Wildman–Crippen MR) is 136 cm³/mol. The molecule has 0 amide bonds. The van der Waals surface area contributed by atoms with E-state index in [2.05, 4.69) is 20.5 Å². The number of hydrogen-bond acceptors (Lipinski definition) is 6. The van der Waals surface area contributed by atoms with Gasteiger partial charge < -0.3 is 10.6 Å². The summed E-state index contributed by atoms with van der Waals surface area (Å²) in [5.74, 6) is 0.291. The number of likely N-dealkylation sites (N-methyl/N-ethyl adjacent to an activating group) is 1. The van der Waals surface area contributed by atoms with Crippen molar-refractivity contribution in [1.82, 2.24) is 20.1 Å². The Bertz CT molecular complexity index is 1200. The van der Waals surface area contributed by atoms with Gasteiger partial charge in [-0.25, -0.2) is 4.99 Å². The van der Waals surface area contributed by atoms with Gasteiger partial charge in [-0.3, -0.25) is 14.8 Å². The smallest absolute Gasteiger partial charge is 0.362 e. The number of rotatable bonds is 8. The standard InChI is InChI=1S/C26H30F6N6/c1-5-9-18(15-37(4)26(30,31)32)34-24-19-12-11-17(23-20(25(27,28)29)10-8-13-33-23)14-21(19)35-22(36-24)16-38(6-2)7-3/h5,8-15,22,35H,6-7,16H2,1-4H3,(H,34,36)/b9-5-,18-15+. The summed E-state index contributed by atoms with van der Waals surface area (Å²) >= 11 is 0. The van der Waals surface area contributed by atoms with Gasteiger partial charge in [-0.15, -0.1) is 0 Å². The molecule has 2 aromatic rings. The molecule has 6 nitrogen and oxygen atoms in total. The zero-order valence-electron chi connectivity index (χ0n) is 21.5. The van der Waals surface area contributed by atoms with Gasteiger partial charge in [-0.1, -0.05) is 26.0 Å². The quantitative estimate of drug-likeness (QED) is 0.242. The summed E-state index contributed by atoms with van der Waals surface area (Å²) in [5, 5.41) is 6.24. The molecule has 38 heavy (non-hydrogen) atoms. The number of pyridine rings is 1. The number of allylic oxidation sites excluding steroid dienone is 2. The van der Waals surface area contributed by atoms with Crippen LogP contribution in [0.2, 0.25) is 0 Å². The Morgan fingerprint density at radius 3 is 2.42 bits per heavy atom. The van der Waals surface area contributed by atoms with E-state index in [0.717, 1.165) is 32.4 Å². The largest absolute Gasteiger partial charge is 0.484 e. The number of halogens is 6. The van der Waals surface area contributed by atoms with E-state index in [0.29, 0.717) is 23.6 Å². The first kappa shape index (κ1) is 29.0. The van der Waals surface area contributed by atoms with Gasteiger partial charge in [0, 0.05) is 42.8 Å². The average molecular weight is 541 g/mol. The monoisotopic (exact) mass is 540 g/mol. The van der Waals surface area contributed by atoms with Crippen LogP contribution in [0, 0.1) is 0 Å². The maximum Gasteiger partial charge on any atom is 0.484 e. The average Bonchev–Trinajstić information content (AvgIpc) is 2.86. The Morgan fingerprint density at radius 2 is 1.82 bits per heavy atom. The van der Waals surface area contributed by atoms with Crippen LogP contribution in [0.5, 0.6) is 0 Å². The molecule has 3 rings (SSSR count). The molecule has 0 fully saturated rings. The van der Waals surface area contributed by atoms with Crippen LogP contribution in [0.4, 0.5) is 32.0 Å². The van der Waals surface area contributed by atoms with Crippen LogP contribution in [0.1, 0.15) is 31.9 Å². The second-order valence-electron chi connectivity index (χ2n) is 8.57. The van der Waals surface area contributed by atoms with Crippen LogP contribution >= 0.6 is 0 Å². The number of aromatic nitrogens is 1. The Hall–Kier alpha value is -3.54. The molecule has 0 aliphatic carbocycles. The van der Waals surface area contributed by atoms with E-state index >= 15 is 0 Å². The maximum atomic E-state index is 13.6. The number of anilines is 1. The van der Waals surface area contributed by atoms with Crippen molar-refractivity contribution in [1.29, 1.82) is 0 Å². The third kappa shape index (κ3) is 7.06. The SMILES string of the molecule is C/C=C\C(=C/N(C)C(F)(F)F)NC1=NC(CN(CC)CC)Nc2cc(-c3ncccc3C(F)(F)F)ccc21. The fraction of sp³-hybridized carbons (Fsp3) is 0.385. The van der Waals surface area contributed by atoms with Crippen molar-refractivity contribution in [3.05, 3.63) is 71.7 Å². The zero-order chi connectivity index (χ0) is 28.1. The van der Waals surface area contributed by atoms with Crippen molar-refractivity contribution in [2.45, 2.75) is 39.4 Å². The zero-order valence-corrected chi connectivity index (χ0v) is 21.5. The second-order valence-corrected chi connectivity index (χ2v) is 8.57. The second kappa shape index (κ2) is 11.9. The summed E-state index contributed by atoms with van der Waals surface area (Å²) in [6.07, 6.45) is -4.42. The van der Waals surface area contributed by atoms with Crippen molar-refractivity contribution in [3.63, 3.8) is 0 Å². The molecule has 0 saturated heterocycles. The molecule has 0 spiro atoms. The van der Waals surface area contributed by atoms with Crippen LogP contribution in [0.15, 0.2) is 65.6 Å². The predicted octanol–water partition coefficient (Wildman–Crippen LogP) is 6.07. The Kier molecular flexibility index (Phi) is 9.08. The van der Waals surface area contributed by atoms with Crippen molar-refractivity contribution in [3.8, 4) is 11.3 Å². The van der Waals surface area contributed by atoms with E-state index < -0.39 is 24.2 Å². The van der Waals surface area contributed by atoms with Gasteiger partial charge >= 0.3 is 12.5 Å². The highest BCUT2D eigenvalue weighted by Crippen LogP contribution is 2.37. The van der Waals surface area contributed by atoms with Gasteiger partial charge in [0.1, 0.15) is 12.0 Å². The molecule has 2 heterocycles. The molecule has 12 heteroatoms. The first-order valence-corrected chi connectivity index (χ1v) is 12.0. The number of aliphatic imine (C=N–C) groups is 1. The molecule has 1 aliphatic heterocycles. The molecule has 1 aromatic heterocycles. The van der Waals surface area contributed by atoms with Crippen molar-refractivity contribution in [2.24, 2.45) is 4.99 Å². The van der Waals surface area contributed by atoms with Crippen molar-refractivity contribution in [2.75, 3.05) is 32.0 Å². The van der Waals surface area contributed by atoms with Crippen molar-refractivity contribution < 1.29 is 26.3 Å². The number of alkyl halides is 6. The summed E-state index contributed by atoms with van der Waals surface area (Å²) in [6, 6.07) is 6.82. The van der Waals surface area contributed by atoms with Gasteiger partial charge in [0.2, 0.25) is 0 Å². The van der Waals surface area contributed by atoms with Gasteiger partial charge in [0.15, 0.2) is 0 Å². The van der Waals surface area contributed by atoms with Crippen LogP contribution in [-0.2, 0) is 6.18 Å². The molecule has 1 atom stereocenters. The lowest BCUT2D eigenvalue weighted by Crippen LogP contribution is -2.41. The van der Waals surface area contributed by atoms with Crippen LogP contribution in [0.25, 0.3) is 11.3 Å². The number of hydrogen-bond donors (Lipinski definition) is 2. The van der Waals surface area contributed by atoms with E-state index in [1.165, 1.54) is 24.4 Å². The lowest BCUT2D eigenvalue weighted by atomic mass is 10.0. The summed E-state index contributed by atoms with van der Waals surface area (Å²) < 4.78 is 80.4. The van der Waals surface area contributed by atoms with Gasteiger partial charge in [0.05, 0.1) is 17.0 Å². The first-order chi connectivity index (χ1) is 17.9. The number of amidine groups is 1. The van der Waals surface area contributed by atoms with E-state index in [1.807, 2.05) is 13.8 Å². The van der Waals surface area contributed by atoms with E-state index in [4.69, 9.17) is 4.99 Å².